The van der Waals surface area contributed by atoms with Crippen molar-refractivity contribution in [3.63, 3.8) is 0 Å². The van der Waals surface area contributed by atoms with E-state index in [2.05, 4.69) is 25.2 Å². The SMILES string of the molecule is Clc1cnc(N2CCNCC2)cc1-c1nc2ccccc2[nH]1. The third kappa shape index (κ3) is 2.42. The molecule has 0 spiro atoms. The lowest BCUT2D eigenvalue weighted by molar-refractivity contribution is 0.585. The highest BCUT2D eigenvalue weighted by atomic mass is 35.5. The van der Waals surface area contributed by atoms with Crippen LogP contribution in [0, 0.1) is 0 Å². The lowest BCUT2D eigenvalue weighted by Crippen LogP contribution is -2.43. The number of imidazole rings is 1. The van der Waals surface area contributed by atoms with Gasteiger partial charge < -0.3 is 15.2 Å². The fraction of sp³-hybridized carbons (Fsp3) is 0.250. The molecule has 1 aliphatic heterocycles. The monoisotopic (exact) mass is 313 g/mol. The molecule has 1 fully saturated rings. The van der Waals surface area contributed by atoms with Crippen molar-refractivity contribution < 1.29 is 0 Å². The van der Waals surface area contributed by atoms with E-state index in [1.807, 2.05) is 30.3 Å². The number of pyridine rings is 1. The van der Waals surface area contributed by atoms with Crippen LogP contribution in [0.3, 0.4) is 0 Å². The van der Waals surface area contributed by atoms with Crippen LogP contribution in [-0.4, -0.2) is 41.1 Å². The largest absolute Gasteiger partial charge is 0.354 e. The van der Waals surface area contributed by atoms with Gasteiger partial charge in [-0.1, -0.05) is 23.7 Å². The Morgan fingerprint density at radius 3 is 2.77 bits per heavy atom. The molecule has 0 atom stereocenters. The summed E-state index contributed by atoms with van der Waals surface area (Å²) in [5.41, 5.74) is 2.84. The minimum atomic E-state index is 0.609. The minimum Gasteiger partial charge on any atom is -0.354 e. The molecule has 0 amide bonds. The number of anilines is 1. The molecule has 1 aromatic carbocycles. The number of H-pyrrole nitrogens is 1. The van der Waals surface area contributed by atoms with Crippen molar-refractivity contribution in [2.24, 2.45) is 0 Å². The molecular formula is C16H16ClN5. The number of hydrogen-bond donors (Lipinski definition) is 2. The van der Waals surface area contributed by atoms with Gasteiger partial charge in [-0.05, 0) is 18.2 Å². The first-order chi connectivity index (χ1) is 10.8. The Bertz CT molecular complexity index is 774. The fourth-order valence-corrected chi connectivity index (χ4v) is 2.95. The number of nitrogens with zero attached hydrogens (tertiary/aromatic N) is 3. The maximum atomic E-state index is 6.34. The molecule has 6 heteroatoms. The maximum Gasteiger partial charge on any atom is 0.140 e. The Morgan fingerprint density at radius 2 is 1.95 bits per heavy atom. The van der Waals surface area contributed by atoms with Gasteiger partial charge in [-0.25, -0.2) is 9.97 Å². The molecule has 0 aliphatic carbocycles. The summed E-state index contributed by atoms with van der Waals surface area (Å²) in [6.07, 6.45) is 1.71. The van der Waals surface area contributed by atoms with Crippen LogP contribution in [-0.2, 0) is 0 Å². The Morgan fingerprint density at radius 1 is 1.14 bits per heavy atom. The summed E-state index contributed by atoms with van der Waals surface area (Å²) in [6.45, 7) is 3.86. The lowest BCUT2D eigenvalue weighted by atomic mass is 10.2. The Hall–Kier alpha value is -2.11. The maximum absolute atomic E-state index is 6.34. The second-order valence-electron chi connectivity index (χ2n) is 5.36. The second-order valence-corrected chi connectivity index (χ2v) is 5.77. The number of para-hydroxylation sites is 2. The number of halogens is 1. The van der Waals surface area contributed by atoms with E-state index in [0.29, 0.717) is 5.02 Å². The average Bonchev–Trinajstić information content (AvgIpc) is 3.00. The number of piperazine rings is 1. The van der Waals surface area contributed by atoms with Crippen molar-refractivity contribution in [1.82, 2.24) is 20.3 Å². The first-order valence-electron chi connectivity index (χ1n) is 7.37. The molecule has 3 heterocycles. The zero-order valence-electron chi connectivity index (χ0n) is 12.0. The van der Waals surface area contributed by atoms with Gasteiger partial charge >= 0.3 is 0 Å². The van der Waals surface area contributed by atoms with Gasteiger partial charge in [0.15, 0.2) is 0 Å². The van der Waals surface area contributed by atoms with Gasteiger partial charge in [0.2, 0.25) is 0 Å². The molecule has 1 aliphatic rings. The van der Waals surface area contributed by atoms with Crippen molar-refractivity contribution in [2.45, 2.75) is 0 Å². The zero-order valence-corrected chi connectivity index (χ0v) is 12.8. The predicted molar refractivity (Wildman–Crippen MR) is 89.4 cm³/mol. The third-order valence-corrected chi connectivity index (χ3v) is 4.23. The molecule has 0 unspecified atom stereocenters. The van der Waals surface area contributed by atoms with Crippen molar-refractivity contribution in [3.8, 4) is 11.4 Å². The van der Waals surface area contributed by atoms with Crippen LogP contribution >= 0.6 is 11.6 Å². The average molecular weight is 314 g/mol. The van der Waals surface area contributed by atoms with E-state index < -0.39 is 0 Å². The van der Waals surface area contributed by atoms with Crippen LogP contribution in [0.4, 0.5) is 5.82 Å². The van der Waals surface area contributed by atoms with Crippen molar-refractivity contribution in [2.75, 3.05) is 31.1 Å². The van der Waals surface area contributed by atoms with Crippen molar-refractivity contribution >= 4 is 28.5 Å². The number of rotatable bonds is 2. The van der Waals surface area contributed by atoms with E-state index in [0.717, 1.165) is 54.4 Å². The predicted octanol–water partition coefficient (Wildman–Crippen LogP) is 2.69. The molecule has 0 bridgehead atoms. The van der Waals surface area contributed by atoms with E-state index in [4.69, 9.17) is 11.6 Å². The number of hydrogen-bond acceptors (Lipinski definition) is 4. The molecule has 0 radical (unpaired) electrons. The summed E-state index contributed by atoms with van der Waals surface area (Å²) in [6, 6.07) is 9.99. The number of aromatic nitrogens is 3. The molecule has 4 rings (SSSR count). The van der Waals surface area contributed by atoms with E-state index in [1.54, 1.807) is 6.20 Å². The summed E-state index contributed by atoms with van der Waals surface area (Å²) in [4.78, 5) is 14.7. The number of benzene rings is 1. The molecular weight excluding hydrogens is 298 g/mol. The van der Waals surface area contributed by atoms with Crippen molar-refractivity contribution in [1.29, 1.82) is 0 Å². The normalized spacial score (nSPS) is 15.4. The molecule has 1 saturated heterocycles. The summed E-state index contributed by atoms with van der Waals surface area (Å²) in [5.74, 6) is 1.73. The molecule has 22 heavy (non-hydrogen) atoms. The Balaban J connectivity index is 1.76. The van der Waals surface area contributed by atoms with Gasteiger partial charge in [-0.15, -0.1) is 0 Å². The molecule has 2 aromatic heterocycles. The summed E-state index contributed by atoms with van der Waals surface area (Å²) >= 11 is 6.34. The van der Waals surface area contributed by atoms with E-state index in [1.165, 1.54) is 0 Å². The van der Waals surface area contributed by atoms with Gasteiger partial charge in [0.1, 0.15) is 11.6 Å². The highest BCUT2D eigenvalue weighted by Gasteiger charge is 2.15. The van der Waals surface area contributed by atoms with Gasteiger partial charge in [-0.2, -0.15) is 0 Å². The van der Waals surface area contributed by atoms with Crippen LogP contribution in [0.25, 0.3) is 22.4 Å². The molecule has 112 valence electrons. The van der Waals surface area contributed by atoms with Crippen LogP contribution in [0.1, 0.15) is 0 Å². The van der Waals surface area contributed by atoms with E-state index in [9.17, 15) is 0 Å². The van der Waals surface area contributed by atoms with Crippen molar-refractivity contribution in [3.05, 3.63) is 41.6 Å². The minimum absolute atomic E-state index is 0.609. The highest BCUT2D eigenvalue weighted by Crippen LogP contribution is 2.30. The first-order valence-corrected chi connectivity index (χ1v) is 7.75. The molecule has 3 aromatic rings. The second kappa shape index (κ2) is 5.59. The molecule has 2 N–H and O–H groups in total. The van der Waals surface area contributed by atoms with Crippen LogP contribution in [0.2, 0.25) is 5.02 Å². The summed E-state index contributed by atoms with van der Waals surface area (Å²) in [7, 11) is 0. The number of aromatic amines is 1. The van der Waals surface area contributed by atoms with E-state index in [-0.39, 0.29) is 0 Å². The summed E-state index contributed by atoms with van der Waals surface area (Å²) in [5, 5.41) is 3.96. The third-order valence-electron chi connectivity index (χ3n) is 3.93. The van der Waals surface area contributed by atoms with Gasteiger partial charge in [-0.3, -0.25) is 0 Å². The Kier molecular flexibility index (Phi) is 3.44. The summed E-state index contributed by atoms with van der Waals surface area (Å²) < 4.78 is 0. The van der Waals surface area contributed by atoms with Gasteiger partial charge in [0.05, 0.1) is 16.1 Å². The Labute approximate surface area is 133 Å². The number of fused-ring (bicyclic) bond motifs is 1. The van der Waals surface area contributed by atoms with E-state index >= 15 is 0 Å². The standard InChI is InChI=1S/C16H16ClN5/c17-12-10-19-15(22-7-5-18-6-8-22)9-11(12)16-20-13-3-1-2-4-14(13)21-16/h1-4,9-10,18H,5-8H2,(H,20,21). The van der Waals surface area contributed by atoms with Gasteiger partial charge in [0, 0.05) is 37.9 Å². The zero-order chi connectivity index (χ0) is 14.9. The first kappa shape index (κ1) is 13.5. The molecule has 5 nitrogen and oxygen atoms in total. The quantitative estimate of drug-likeness (QED) is 0.764. The number of nitrogens with one attached hydrogen (secondary N) is 2. The van der Waals surface area contributed by atoms with Crippen LogP contribution in [0.5, 0.6) is 0 Å². The van der Waals surface area contributed by atoms with Crippen LogP contribution < -0.4 is 10.2 Å². The van der Waals surface area contributed by atoms with Gasteiger partial charge in [0.25, 0.3) is 0 Å². The lowest BCUT2D eigenvalue weighted by Gasteiger charge is -2.28. The topological polar surface area (TPSA) is 56.8 Å². The van der Waals surface area contributed by atoms with Crippen LogP contribution in [0.15, 0.2) is 36.5 Å². The smallest absolute Gasteiger partial charge is 0.140 e. The highest BCUT2D eigenvalue weighted by molar-refractivity contribution is 6.33. The fourth-order valence-electron chi connectivity index (χ4n) is 2.76. The molecule has 0 saturated carbocycles.